The lowest BCUT2D eigenvalue weighted by Crippen LogP contribution is -2.37. The number of benzene rings is 1. The average Bonchev–Trinajstić information content (AvgIpc) is 2.74. The highest BCUT2D eigenvalue weighted by Gasteiger charge is 2.23. The Morgan fingerprint density at radius 1 is 1.56 bits per heavy atom. The molecule has 98 valence electrons. The van der Waals surface area contributed by atoms with Gasteiger partial charge < -0.3 is 9.80 Å². The lowest BCUT2D eigenvalue weighted by Gasteiger charge is -2.28. The molecule has 4 heteroatoms. The molecule has 2 rings (SSSR count). The minimum Gasteiger partial charge on any atom is -0.372 e. The van der Waals surface area contributed by atoms with Gasteiger partial charge in [-0.2, -0.15) is 0 Å². The van der Waals surface area contributed by atoms with E-state index in [0.29, 0.717) is 16.6 Å². The summed E-state index contributed by atoms with van der Waals surface area (Å²) in [5.41, 5.74) is 1.50. The summed E-state index contributed by atoms with van der Waals surface area (Å²) in [6, 6.07) is 6.16. The number of rotatable bonds is 4. The molecule has 0 bridgehead atoms. The van der Waals surface area contributed by atoms with Gasteiger partial charge in [-0.3, -0.25) is 4.79 Å². The SMILES string of the molecule is CN(CC1CCCN1C)c1cccc(Cl)c1C=O. The van der Waals surface area contributed by atoms with Crippen LogP contribution < -0.4 is 4.90 Å². The Labute approximate surface area is 113 Å². The zero-order chi connectivity index (χ0) is 13.1. The smallest absolute Gasteiger partial charge is 0.153 e. The molecular formula is C14H19ClN2O. The Kier molecular flexibility index (Phi) is 4.25. The molecule has 1 saturated heterocycles. The number of likely N-dealkylation sites (N-methyl/N-ethyl adjacent to an activating group) is 2. The van der Waals surface area contributed by atoms with Crippen LogP contribution in [0.15, 0.2) is 18.2 Å². The van der Waals surface area contributed by atoms with Crippen molar-refractivity contribution in [3.8, 4) is 0 Å². The van der Waals surface area contributed by atoms with Gasteiger partial charge in [-0.15, -0.1) is 0 Å². The van der Waals surface area contributed by atoms with Gasteiger partial charge in [-0.25, -0.2) is 0 Å². The minimum atomic E-state index is 0.522. The number of anilines is 1. The van der Waals surface area contributed by atoms with Crippen LogP contribution in [-0.4, -0.2) is 44.4 Å². The predicted molar refractivity (Wildman–Crippen MR) is 75.8 cm³/mol. The van der Waals surface area contributed by atoms with E-state index in [4.69, 9.17) is 11.6 Å². The molecule has 0 saturated carbocycles. The lowest BCUT2D eigenvalue weighted by molar-refractivity contribution is 0.112. The van der Waals surface area contributed by atoms with Crippen LogP contribution in [0, 0.1) is 0 Å². The largest absolute Gasteiger partial charge is 0.372 e. The quantitative estimate of drug-likeness (QED) is 0.783. The van der Waals surface area contributed by atoms with Gasteiger partial charge in [0.15, 0.2) is 6.29 Å². The third-order valence-corrected chi connectivity index (χ3v) is 4.04. The van der Waals surface area contributed by atoms with E-state index in [9.17, 15) is 4.79 Å². The van der Waals surface area contributed by atoms with Gasteiger partial charge >= 0.3 is 0 Å². The predicted octanol–water partition coefficient (Wildman–Crippen LogP) is 2.68. The summed E-state index contributed by atoms with van der Waals surface area (Å²) in [6.45, 7) is 2.09. The van der Waals surface area contributed by atoms with Crippen molar-refractivity contribution < 1.29 is 4.79 Å². The van der Waals surface area contributed by atoms with Gasteiger partial charge in [0.1, 0.15) is 0 Å². The Morgan fingerprint density at radius 2 is 2.33 bits per heavy atom. The molecule has 0 radical (unpaired) electrons. The number of likely N-dealkylation sites (tertiary alicyclic amines) is 1. The molecule has 1 fully saturated rings. The molecule has 0 spiro atoms. The Bertz CT molecular complexity index is 436. The van der Waals surface area contributed by atoms with E-state index in [1.54, 1.807) is 6.07 Å². The second-order valence-corrected chi connectivity index (χ2v) is 5.35. The fraction of sp³-hybridized carbons (Fsp3) is 0.500. The third-order valence-electron chi connectivity index (χ3n) is 3.72. The first-order chi connectivity index (χ1) is 8.63. The monoisotopic (exact) mass is 266 g/mol. The van der Waals surface area contributed by atoms with Crippen LogP contribution in [0.3, 0.4) is 0 Å². The standard InChI is InChI=1S/C14H19ClN2O/c1-16-8-4-5-11(16)9-17(2)14-7-3-6-13(15)12(14)10-18/h3,6-7,10-11H,4-5,8-9H2,1-2H3. The van der Waals surface area contributed by atoms with Crippen molar-refractivity contribution in [2.75, 3.05) is 32.1 Å². The van der Waals surface area contributed by atoms with Crippen molar-refractivity contribution in [2.24, 2.45) is 0 Å². The molecule has 18 heavy (non-hydrogen) atoms. The minimum absolute atomic E-state index is 0.522. The van der Waals surface area contributed by atoms with Gasteiger partial charge in [-0.1, -0.05) is 17.7 Å². The first kappa shape index (κ1) is 13.4. The first-order valence-corrected chi connectivity index (χ1v) is 6.66. The molecule has 1 heterocycles. The second-order valence-electron chi connectivity index (χ2n) is 4.95. The molecule has 0 aromatic heterocycles. The summed E-state index contributed by atoms with van der Waals surface area (Å²) in [4.78, 5) is 15.6. The molecule has 1 aliphatic heterocycles. The van der Waals surface area contributed by atoms with E-state index in [2.05, 4.69) is 16.8 Å². The highest BCUT2D eigenvalue weighted by molar-refractivity contribution is 6.33. The third kappa shape index (κ3) is 2.68. The van der Waals surface area contributed by atoms with Gasteiger partial charge in [0.05, 0.1) is 10.6 Å². The molecule has 1 aromatic rings. The molecule has 0 aliphatic carbocycles. The van der Waals surface area contributed by atoms with Crippen LogP contribution in [0.1, 0.15) is 23.2 Å². The first-order valence-electron chi connectivity index (χ1n) is 6.28. The molecule has 0 amide bonds. The fourth-order valence-electron chi connectivity index (χ4n) is 2.60. The van der Waals surface area contributed by atoms with Crippen LogP contribution >= 0.6 is 11.6 Å². The number of halogens is 1. The summed E-state index contributed by atoms with van der Waals surface area (Å²) in [6.07, 6.45) is 3.31. The summed E-state index contributed by atoms with van der Waals surface area (Å²) in [5.74, 6) is 0. The van der Waals surface area contributed by atoms with E-state index in [0.717, 1.165) is 25.1 Å². The highest BCUT2D eigenvalue weighted by Crippen LogP contribution is 2.26. The molecule has 1 unspecified atom stereocenters. The van der Waals surface area contributed by atoms with Crippen molar-refractivity contribution in [1.29, 1.82) is 0 Å². The molecule has 0 N–H and O–H groups in total. The Morgan fingerprint density at radius 3 is 2.94 bits per heavy atom. The number of carbonyl (C=O) groups is 1. The van der Waals surface area contributed by atoms with E-state index in [1.807, 2.05) is 19.2 Å². The van der Waals surface area contributed by atoms with Crippen LogP contribution in [0.25, 0.3) is 0 Å². The van der Waals surface area contributed by atoms with Crippen LogP contribution in [0.2, 0.25) is 5.02 Å². The van der Waals surface area contributed by atoms with Gasteiger partial charge in [0, 0.05) is 25.3 Å². The van der Waals surface area contributed by atoms with Crippen molar-refractivity contribution in [1.82, 2.24) is 4.90 Å². The molecule has 1 atom stereocenters. The van der Waals surface area contributed by atoms with E-state index in [1.165, 1.54) is 12.8 Å². The second kappa shape index (κ2) is 5.72. The maximum absolute atomic E-state index is 11.1. The zero-order valence-electron chi connectivity index (χ0n) is 10.9. The van der Waals surface area contributed by atoms with E-state index in [-0.39, 0.29) is 0 Å². The summed E-state index contributed by atoms with van der Waals surface area (Å²) < 4.78 is 0. The maximum atomic E-state index is 11.1. The summed E-state index contributed by atoms with van der Waals surface area (Å²) in [5, 5.41) is 0.522. The molecule has 1 aliphatic rings. The topological polar surface area (TPSA) is 23.6 Å². The van der Waals surface area contributed by atoms with Gasteiger partial charge in [0.2, 0.25) is 0 Å². The van der Waals surface area contributed by atoms with Crippen molar-refractivity contribution in [3.63, 3.8) is 0 Å². The van der Waals surface area contributed by atoms with E-state index < -0.39 is 0 Å². The van der Waals surface area contributed by atoms with Crippen LogP contribution in [0.5, 0.6) is 0 Å². The molecule has 3 nitrogen and oxygen atoms in total. The fourth-order valence-corrected chi connectivity index (χ4v) is 2.81. The highest BCUT2D eigenvalue weighted by atomic mass is 35.5. The number of hydrogen-bond acceptors (Lipinski definition) is 3. The Hall–Kier alpha value is -1.06. The summed E-state index contributed by atoms with van der Waals surface area (Å²) >= 11 is 6.05. The molecular weight excluding hydrogens is 248 g/mol. The van der Waals surface area contributed by atoms with Crippen LogP contribution in [-0.2, 0) is 0 Å². The zero-order valence-corrected chi connectivity index (χ0v) is 11.7. The van der Waals surface area contributed by atoms with Crippen LogP contribution in [0.4, 0.5) is 5.69 Å². The Balaban J connectivity index is 2.15. The average molecular weight is 267 g/mol. The van der Waals surface area contributed by atoms with Crippen molar-refractivity contribution in [3.05, 3.63) is 28.8 Å². The lowest BCUT2D eigenvalue weighted by atomic mass is 10.1. The van der Waals surface area contributed by atoms with E-state index >= 15 is 0 Å². The number of aldehydes is 1. The number of nitrogens with zero attached hydrogens (tertiary/aromatic N) is 2. The maximum Gasteiger partial charge on any atom is 0.153 e. The molecule has 1 aromatic carbocycles. The van der Waals surface area contributed by atoms with Gasteiger partial charge in [0.25, 0.3) is 0 Å². The van der Waals surface area contributed by atoms with Gasteiger partial charge in [-0.05, 0) is 38.6 Å². The normalized spacial score (nSPS) is 20.1. The van der Waals surface area contributed by atoms with Crippen molar-refractivity contribution in [2.45, 2.75) is 18.9 Å². The summed E-state index contributed by atoms with van der Waals surface area (Å²) in [7, 11) is 4.18. The number of hydrogen-bond donors (Lipinski definition) is 0. The van der Waals surface area contributed by atoms with Crippen molar-refractivity contribution >= 4 is 23.6 Å². The number of carbonyl (C=O) groups excluding carboxylic acids is 1.